The molecule has 0 spiro atoms. The molecule has 6 nitrogen and oxygen atoms in total. The zero-order chi connectivity index (χ0) is 17.3. The molecule has 0 unspecified atom stereocenters. The Labute approximate surface area is 139 Å². The van der Waals surface area contributed by atoms with Gasteiger partial charge in [-0.05, 0) is 31.2 Å². The van der Waals surface area contributed by atoms with Crippen LogP contribution in [0.5, 0.6) is 0 Å². The molecule has 1 amide bonds. The van der Waals surface area contributed by atoms with E-state index >= 15 is 0 Å². The van der Waals surface area contributed by atoms with Gasteiger partial charge in [0.15, 0.2) is 5.76 Å². The van der Waals surface area contributed by atoms with Crippen molar-refractivity contribution in [2.75, 3.05) is 26.2 Å². The fourth-order valence-electron chi connectivity index (χ4n) is 2.63. The van der Waals surface area contributed by atoms with Gasteiger partial charge in [0.25, 0.3) is 5.91 Å². The number of hydrogen-bond donors (Lipinski definition) is 0. The van der Waals surface area contributed by atoms with Gasteiger partial charge in [-0.3, -0.25) is 4.79 Å². The van der Waals surface area contributed by atoms with Crippen molar-refractivity contribution in [1.82, 2.24) is 9.21 Å². The van der Waals surface area contributed by atoms with E-state index in [0.29, 0.717) is 5.76 Å². The third-order valence-electron chi connectivity index (χ3n) is 3.93. The van der Waals surface area contributed by atoms with Gasteiger partial charge in [-0.2, -0.15) is 4.31 Å². The Hall–Kier alpha value is -2.19. The minimum absolute atomic E-state index is 0.113. The molecular weight excluding hydrogens is 335 g/mol. The summed E-state index contributed by atoms with van der Waals surface area (Å²) in [5.74, 6) is -0.176. The molecule has 1 aromatic heterocycles. The number of carbonyl (C=O) groups excluding carboxylic acids is 1. The second-order valence-electron chi connectivity index (χ2n) is 5.54. The van der Waals surface area contributed by atoms with Crippen molar-refractivity contribution in [2.45, 2.75) is 11.8 Å². The molecule has 0 radical (unpaired) electrons. The molecule has 0 N–H and O–H groups in total. The van der Waals surface area contributed by atoms with E-state index < -0.39 is 15.8 Å². The molecule has 2 heterocycles. The monoisotopic (exact) mass is 352 g/mol. The molecule has 1 aromatic carbocycles. The summed E-state index contributed by atoms with van der Waals surface area (Å²) in [6.45, 7) is 2.43. The highest BCUT2D eigenvalue weighted by Crippen LogP contribution is 2.21. The van der Waals surface area contributed by atoms with Crippen LogP contribution in [0.1, 0.15) is 16.3 Å². The third-order valence-corrected chi connectivity index (χ3v) is 5.86. The predicted molar refractivity (Wildman–Crippen MR) is 84.5 cm³/mol. The Morgan fingerprint density at radius 1 is 1.08 bits per heavy atom. The van der Waals surface area contributed by atoms with Gasteiger partial charge in [0.1, 0.15) is 16.5 Å². The molecule has 8 heteroatoms. The van der Waals surface area contributed by atoms with E-state index in [0.717, 1.165) is 6.07 Å². The number of amides is 1. The Balaban J connectivity index is 1.71. The van der Waals surface area contributed by atoms with Gasteiger partial charge >= 0.3 is 0 Å². The van der Waals surface area contributed by atoms with Gasteiger partial charge in [0.05, 0.1) is 0 Å². The Morgan fingerprint density at radius 2 is 1.75 bits per heavy atom. The molecule has 1 saturated heterocycles. The van der Waals surface area contributed by atoms with Crippen LogP contribution in [0.25, 0.3) is 0 Å². The molecule has 1 aliphatic rings. The van der Waals surface area contributed by atoms with Crippen LogP contribution in [-0.4, -0.2) is 49.7 Å². The molecule has 24 heavy (non-hydrogen) atoms. The Kier molecular flexibility index (Phi) is 4.42. The minimum Gasteiger partial charge on any atom is -0.456 e. The van der Waals surface area contributed by atoms with Gasteiger partial charge in [0.2, 0.25) is 10.0 Å². The lowest BCUT2D eigenvalue weighted by atomic mass is 10.3. The van der Waals surface area contributed by atoms with Crippen molar-refractivity contribution in [1.29, 1.82) is 0 Å². The largest absolute Gasteiger partial charge is 0.456 e. The summed E-state index contributed by atoms with van der Waals surface area (Å²) in [7, 11) is -3.91. The highest BCUT2D eigenvalue weighted by Gasteiger charge is 2.32. The van der Waals surface area contributed by atoms with Crippen LogP contribution >= 0.6 is 0 Å². The molecule has 3 rings (SSSR count). The first-order valence-corrected chi connectivity index (χ1v) is 8.94. The van der Waals surface area contributed by atoms with Crippen LogP contribution in [-0.2, 0) is 10.0 Å². The quantitative estimate of drug-likeness (QED) is 0.846. The molecule has 1 fully saturated rings. The van der Waals surface area contributed by atoms with Crippen LogP contribution in [0.3, 0.4) is 0 Å². The summed E-state index contributed by atoms with van der Waals surface area (Å²) in [6, 6.07) is 8.58. The van der Waals surface area contributed by atoms with E-state index in [1.165, 1.54) is 27.4 Å². The lowest BCUT2D eigenvalue weighted by Gasteiger charge is -2.33. The average molecular weight is 352 g/mol. The molecule has 0 saturated carbocycles. The minimum atomic E-state index is -3.91. The SMILES string of the molecule is Cc1ccc(C(=O)N2CCN(S(=O)(=O)c3ccccc3F)CC2)o1. The summed E-state index contributed by atoms with van der Waals surface area (Å²) in [6.07, 6.45) is 0. The van der Waals surface area contributed by atoms with Gasteiger partial charge in [-0.15, -0.1) is 0 Å². The summed E-state index contributed by atoms with van der Waals surface area (Å²) >= 11 is 0. The molecule has 1 aliphatic heterocycles. The van der Waals surface area contributed by atoms with E-state index in [9.17, 15) is 17.6 Å². The molecular formula is C16H17FN2O4S. The maximum absolute atomic E-state index is 13.8. The summed E-state index contributed by atoms with van der Waals surface area (Å²) in [5.41, 5.74) is 0. The maximum atomic E-state index is 13.8. The standard InChI is InChI=1S/C16H17FN2O4S/c1-12-6-7-14(23-12)16(20)18-8-10-19(11-9-18)24(21,22)15-5-3-2-4-13(15)17/h2-7H,8-11H2,1H3. The van der Waals surface area contributed by atoms with Gasteiger partial charge in [-0.1, -0.05) is 12.1 Å². The van der Waals surface area contributed by atoms with E-state index in [1.807, 2.05) is 0 Å². The average Bonchev–Trinajstić information content (AvgIpc) is 3.01. The van der Waals surface area contributed by atoms with E-state index in [2.05, 4.69) is 0 Å². The lowest BCUT2D eigenvalue weighted by molar-refractivity contribution is 0.0664. The van der Waals surface area contributed by atoms with Gasteiger partial charge in [-0.25, -0.2) is 12.8 Å². The third kappa shape index (κ3) is 3.07. The zero-order valence-electron chi connectivity index (χ0n) is 13.1. The number of aryl methyl sites for hydroxylation is 1. The second-order valence-corrected chi connectivity index (χ2v) is 7.44. The molecule has 0 atom stereocenters. The van der Waals surface area contributed by atoms with Crippen molar-refractivity contribution >= 4 is 15.9 Å². The van der Waals surface area contributed by atoms with Crippen LogP contribution in [0.2, 0.25) is 0 Å². The maximum Gasteiger partial charge on any atom is 0.289 e. The number of sulfonamides is 1. The van der Waals surface area contributed by atoms with Crippen LogP contribution in [0.4, 0.5) is 4.39 Å². The van der Waals surface area contributed by atoms with E-state index in [1.54, 1.807) is 19.1 Å². The molecule has 0 bridgehead atoms. The molecule has 128 valence electrons. The number of halogens is 1. The van der Waals surface area contributed by atoms with E-state index in [4.69, 9.17) is 4.42 Å². The Bertz CT molecular complexity index is 854. The number of hydrogen-bond acceptors (Lipinski definition) is 4. The smallest absolute Gasteiger partial charge is 0.289 e. The van der Waals surface area contributed by atoms with Gasteiger partial charge < -0.3 is 9.32 Å². The number of furan rings is 1. The van der Waals surface area contributed by atoms with Crippen molar-refractivity contribution < 1.29 is 22.0 Å². The van der Waals surface area contributed by atoms with Crippen molar-refractivity contribution in [2.24, 2.45) is 0 Å². The summed E-state index contributed by atoms with van der Waals surface area (Å²) in [4.78, 5) is 13.5. The van der Waals surface area contributed by atoms with Gasteiger partial charge in [0, 0.05) is 26.2 Å². The number of benzene rings is 1. The van der Waals surface area contributed by atoms with Crippen LogP contribution < -0.4 is 0 Å². The lowest BCUT2D eigenvalue weighted by Crippen LogP contribution is -2.50. The molecule has 2 aromatic rings. The zero-order valence-corrected chi connectivity index (χ0v) is 13.9. The van der Waals surface area contributed by atoms with E-state index in [-0.39, 0.29) is 42.7 Å². The number of carbonyl (C=O) groups is 1. The summed E-state index contributed by atoms with van der Waals surface area (Å²) in [5, 5.41) is 0. The van der Waals surface area contributed by atoms with Crippen molar-refractivity contribution in [3.63, 3.8) is 0 Å². The number of rotatable bonds is 3. The van der Waals surface area contributed by atoms with Crippen LogP contribution in [0, 0.1) is 12.7 Å². The summed E-state index contributed by atoms with van der Waals surface area (Å²) < 4.78 is 45.3. The Morgan fingerprint density at radius 3 is 2.33 bits per heavy atom. The number of piperazine rings is 1. The first-order chi connectivity index (χ1) is 11.4. The normalized spacial score (nSPS) is 16.3. The highest BCUT2D eigenvalue weighted by atomic mass is 32.2. The highest BCUT2D eigenvalue weighted by molar-refractivity contribution is 7.89. The molecule has 0 aliphatic carbocycles. The second kappa shape index (κ2) is 6.37. The topological polar surface area (TPSA) is 70.8 Å². The number of nitrogens with zero attached hydrogens (tertiary/aromatic N) is 2. The first-order valence-electron chi connectivity index (χ1n) is 7.50. The van der Waals surface area contributed by atoms with Crippen molar-refractivity contribution in [3.8, 4) is 0 Å². The van der Waals surface area contributed by atoms with Crippen molar-refractivity contribution in [3.05, 3.63) is 53.7 Å². The fraction of sp³-hybridized carbons (Fsp3) is 0.312. The predicted octanol–water partition coefficient (Wildman–Crippen LogP) is 1.87. The first kappa shape index (κ1) is 16.7. The van der Waals surface area contributed by atoms with Crippen LogP contribution in [0.15, 0.2) is 45.7 Å². The fourth-order valence-corrected chi connectivity index (χ4v) is 4.12.